The van der Waals surface area contributed by atoms with E-state index in [1.807, 2.05) is 18.4 Å². The van der Waals surface area contributed by atoms with E-state index in [0.29, 0.717) is 5.56 Å². The fraction of sp³-hybridized carbons (Fsp3) is 0.273. The summed E-state index contributed by atoms with van der Waals surface area (Å²) < 4.78 is 0. The second-order valence-electron chi connectivity index (χ2n) is 2.99. The summed E-state index contributed by atoms with van der Waals surface area (Å²) in [6.45, 7) is 3.81. The quantitative estimate of drug-likeness (QED) is 0.771. The molecule has 1 atom stereocenters. The summed E-state index contributed by atoms with van der Waals surface area (Å²) in [7, 11) is 0. The molecule has 1 N–H and O–H groups in total. The molecule has 14 heavy (non-hydrogen) atoms. The molecule has 0 fully saturated rings. The molecule has 1 radical (unpaired) electrons. The van der Waals surface area contributed by atoms with Crippen LogP contribution < -0.4 is 0 Å². The summed E-state index contributed by atoms with van der Waals surface area (Å²) in [4.78, 5) is 1.03. The predicted octanol–water partition coefficient (Wildman–Crippen LogP) is 2.19. The number of hydrogen-bond acceptors (Lipinski definition) is 3. The van der Waals surface area contributed by atoms with Gasteiger partial charge in [-0.05, 0) is 36.9 Å². The van der Waals surface area contributed by atoms with Crippen LogP contribution in [-0.2, 0) is 0 Å². The average Bonchev–Trinajstić information content (AvgIpc) is 2.27. The van der Waals surface area contributed by atoms with E-state index < -0.39 is 0 Å². The van der Waals surface area contributed by atoms with Crippen molar-refractivity contribution in [2.75, 3.05) is 12.9 Å². The minimum absolute atomic E-state index is 0.00268. The summed E-state index contributed by atoms with van der Waals surface area (Å²) in [5.74, 6) is -0.158. The first-order valence-electron chi connectivity index (χ1n) is 4.24. The Morgan fingerprint density at radius 3 is 2.79 bits per heavy atom. The molecular formula is C11H12NOS. The average molecular weight is 206 g/mol. The third-order valence-electron chi connectivity index (χ3n) is 1.99. The van der Waals surface area contributed by atoms with Gasteiger partial charge in [0.25, 0.3) is 0 Å². The molecule has 1 aromatic carbocycles. The van der Waals surface area contributed by atoms with Crippen LogP contribution in [0.5, 0.6) is 0 Å². The molecule has 1 unspecified atom stereocenters. The van der Waals surface area contributed by atoms with Crippen molar-refractivity contribution >= 4 is 11.8 Å². The van der Waals surface area contributed by atoms with Gasteiger partial charge in [-0.25, -0.2) is 0 Å². The Labute approximate surface area is 88.6 Å². The van der Waals surface area contributed by atoms with Crippen LogP contribution in [0, 0.1) is 18.3 Å². The van der Waals surface area contributed by atoms with Gasteiger partial charge in [0.2, 0.25) is 0 Å². The van der Waals surface area contributed by atoms with Gasteiger partial charge in [0.1, 0.15) is 0 Å². The van der Waals surface area contributed by atoms with Gasteiger partial charge in [-0.15, -0.1) is 11.8 Å². The van der Waals surface area contributed by atoms with Crippen molar-refractivity contribution in [3.05, 3.63) is 36.2 Å². The molecule has 0 aliphatic carbocycles. The van der Waals surface area contributed by atoms with Crippen molar-refractivity contribution in [1.29, 1.82) is 5.26 Å². The van der Waals surface area contributed by atoms with Crippen LogP contribution in [0.4, 0.5) is 0 Å². The lowest BCUT2D eigenvalue weighted by Gasteiger charge is -2.09. The molecule has 0 amide bonds. The SMILES string of the molecule is [CH2]C(CO)c1cc(C#N)cc(SC)c1. The lowest BCUT2D eigenvalue weighted by atomic mass is 10.0. The van der Waals surface area contributed by atoms with E-state index in [1.165, 1.54) is 0 Å². The van der Waals surface area contributed by atoms with Crippen molar-refractivity contribution in [2.45, 2.75) is 10.8 Å². The molecule has 0 aliphatic heterocycles. The molecular weight excluding hydrogens is 194 g/mol. The molecule has 0 aromatic heterocycles. The monoisotopic (exact) mass is 206 g/mol. The highest BCUT2D eigenvalue weighted by Gasteiger charge is 2.06. The Bertz CT molecular complexity index is 357. The first-order valence-corrected chi connectivity index (χ1v) is 5.46. The van der Waals surface area contributed by atoms with Crippen LogP contribution in [0.15, 0.2) is 23.1 Å². The van der Waals surface area contributed by atoms with Crippen LogP contribution in [0.2, 0.25) is 0 Å². The number of nitrogens with zero attached hydrogens (tertiary/aromatic N) is 1. The number of hydrogen-bond donors (Lipinski definition) is 1. The first kappa shape index (κ1) is 11.1. The van der Waals surface area contributed by atoms with Crippen LogP contribution in [0.1, 0.15) is 17.0 Å². The van der Waals surface area contributed by atoms with Gasteiger partial charge in [-0.3, -0.25) is 0 Å². The predicted molar refractivity (Wildman–Crippen MR) is 58.1 cm³/mol. The van der Waals surface area contributed by atoms with E-state index in [4.69, 9.17) is 10.4 Å². The van der Waals surface area contributed by atoms with Crippen molar-refractivity contribution < 1.29 is 5.11 Å². The molecule has 0 spiro atoms. The minimum atomic E-state index is -0.158. The van der Waals surface area contributed by atoms with Crippen molar-refractivity contribution in [3.8, 4) is 6.07 Å². The van der Waals surface area contributed by atoms with E-state index in [0.717, 1.165) is 10.5 Å². The number of nitriles is 1. The molecule has 0 saturated heterocycles. The maximum absolute atomic E-state index is 8.96. The van der Waals surface area contributed by atoms with Gasteiger partial charge in [0.15, 0.2) is 0 Å². The van der Waals surface area contributed by atoms with E-state index >= 15 is 0 Å². The zero-order valence-corrected chi connectivity index (χ0v) is 8.84. The number of thioether (sulfide) groups is 1. The van der Waals surface area contributed by atoms with Gasteiger partial charge in [0.05, 0.1) is 11.6 Å². The van der Waals surface area contributed by atoms with E-state index in [2.05, 4.69) is 13.0 Å². The molecule has 0 bridgehead atoms. The standard InChI is InChI=1S/C11H12NOS/c1-8(7-13)10-3-9(6-12)4-11(5-10)14-2/h3-5,8,13H,1,7H2,2H3. The molecule has 2 nitrogen and oxygen atoms in total. The highest BCUT2D eigenvalue weighted by molar-refractivity contribution is 7.98. The highest BCUT2D eigenvalue weighted by Crippen LogP contribution is 2.23. The maximum Gasteiger partial charge on any atom is 0.0992 e. The Morgan fingerprint density at radius 1 is 1.57 bits per heavy atom. The molecule has 1 rings (SSSR count). The van der Waals surface area contributed by atoms with Gasteiger partial charge in [0, 0.05) is 17.4 Å². The molecule has 0 saturated carbocycles. The zero-order chi connectivity index (χ0) is 10.6. The van der Waals surface area contributed by atoms with Crippen molar-refractivity contribution in [2.24, 2.45) is 0 Å². The molecule has 73 valence electrons. The Hall–Kier alpha value is -0.980. The lowest BCUT2D eigenvalue weighted by molar-refractivity contribution is 0.282. The topological polar surface area (TPSA) is 44.0 Å². The van der Waals surface area contributed by atoms with Crippen LogP contribution >= 0.6 is 11.8 Å². The van der Waals surface area contributed by atoms with Crippen molar-refractivity contribution in [1.82, 2.24) is 0 Å². The first-order chi connectivity index (χ1) is 6.71. The van der Waals surface area contributed by atoms with E-state index in [9.17, 15) is 0 Å². The van der Waals surface area contributed by atoms with Gasteiger partial charge >= 0.3 is 0 Å². The molecule has 0 aliphatic rings. The largest absolute Gasteiger partial charge is 0.396 e. The second kappa shape index (κ2) is 5.04. The van der Waals surface area contributed by atoms with Gasteiger partial charge in [-0.1, -0.05) is 0 Å². The van der Waals surface area contributed by atoms with Gasteiger partial charge in [-0.2, -0.15) is 5.26 Å². The van der Waals surface area contributed by atoms with Crippen molar-refractivity contribution in [3.63, 3.8) is 0 Å². The van der Waals surface area contributed by atoms with E-state index in [1.54, 1.807) is 17.8 Å². The molecule has 1 aromatic rings. The summed E-state index contributed by atoms with van der Waals surface area (Å²) in [6.07, 6.45) is 1.96. The fourth-order valence-electron chi connectivity index (χ4n) is 1.15. The number of benzene rings is 1. The summed E-state index contributed by atoms with van der Waals surface area (Å²) >= 11 is 1.58. The molecule has 0 heterocycles. The zero-order valence-electron chi connectivity index (χ0n) is 8.03. The number of rotatable bonds is 3. The fourth-order valence-corrected chi connectivity index (χ4v) is 1.64. The van der Waals surface area contributed by atoms with E-state index in [-0.39, 0.29) is 12.5 Å². The van der Waals surface area contributed by atoms with Crippen LogP contribution in [-0.4, -0.2) is 18.0 Å². The summed E-state index contributed by atoms with van der Waals surface area (Å²) in [6, 6.07) is 7.66. The van der Waals surface area contributed by atoms with Crippen LogP contribution in [0.3, 0.4) is 0 Å². The smallest absolute Gasteiger partial charge is 0.0992 e. The molecule has 3 heteroatoms. The minimum Gasteiger partial charge on any atom is -0.396 e. The number of aliphatic hydroxyl groups excluding tert-OH is 1. The number of aliphatic hydroxyl groups is 1. The summed E-state index contributed by atoms with van der Waals surface area (Å²) in [5, 5.41) is 17.8. The third kappa shape index (κ3) is 2.50. The lowest BCUT2D eigenvalue weighted by Crippen LogP contribution is -1.99. The Morgan fingerprint density at radius 2 is 2.29 bits per heavy atom. The normalized spacial score (nSPS) is 12.1. The Balaban J connectivity index is 3.12. The summed E-state index contributed by atoms with van der Waals surface area (Å²) in [5.41, 5.74) is 1.53. The van der Waals surface area contributed by atoms with Gasteiger partial charge < -0.3 is 5.11 Å². The Kier molecular flexibility index (Phi) is 3.99. The second-order valence-corrected chi connectivity index (χ2v) is 3.87. The highest BCUT2D eigenvalue weighted by atomic mass is 32.2. The maximum atomic E-state index is 8.96. The third-order valence-corrected chi connectivity index (χ3v) is 2.69. The van der Waals surface area contributed by atoms with Crippen LogP contribution in [0.25, 0.3) is 0 Å².